The van der Waals surface area contributed by atoms with Crippen molar-refractivity contribution < 1.29 is 21.6 Å². The second-order valence-corrected chi connectivity index (χ2v) is 8.32. The fraction of sp³-hybridized carbons (Fsp3) is 0.105. The van der Waals surface area contributed by atoms with Crippen LogP contribution >= 0.6 is 11.6 Å². The predicted molar refractivity (Wildman–Crippen MR) is 98.2 cm³/mol. The summed E-state index contributed by atoms with van der Waals surface area (Å²) >= 11 is 6.18. The minimum Gasteiger partial charge on any atom is -0.255 e. The van der Waals surface area contributed by atoms with Gasteiger partial charge in [0.2, 0.25) is 0 Å². The van der Waals surface area contributed by atoms with Gasteiger partial charge < -0.3 is 0 Å². The first-order valence-electron chi connectivity index (χ1n) is 7.70. The molecule has 0 amide bonds. The Labute approximate surface area is 159 Å². The Hall–Kier alpha value is -2.38. The Morgan fingerprint density at radius 1 is 0.963 bits per heavy atom. The smallest absolute Gasteiger partial charge is 0.255 e. The molecule has 0 aliphatic carbocycles. The summed E-state index contributed by atoms with van der Waals surface area (Å²) in [4.78, 5) is 4.03. The molecule has 0 aliphatic rings. The van der Waals surface area contributed by atoms with E-state index in [1.54, 1.807) is 30.3 Å². The highest BCUT2D eigenvalue weighted by molar-refractivity contribution is 7.90. The molecule has 3 rings (SSSR count). The number of alkyl halides is 3. The van der Waals surface area contributed by atoms with E-state index in [2.05, 4.69) is 4.98 Å². The number of pyridine rings is 1. The fourth-order valence-corrected chi connectivity index (χ4v) is 3.51. The summed E-state index contributed by atoms with van der Waals surface area (Å²) in [5.41, 5.74) is 0.210. The number of halogens is 4. The van der Waals surface area contributed by atoms with Crippen molar-refractivity contribution in [3.05, 3.63) is 71.4 Å². The number of hydrogen-bond donors (Lipinski definition) is 0. The van der Waals surface area contributed by atoms with Crippen LogP contribution in [0.15, 0.2) is 65.7 Å². The Bertz CT molecular complexity index is 1110. The van der Waals surface area contributed by atoms with E-state index in [0.29, 0.717) is 11.1 Å². The molecule has 1 aromatic heterocycles. The van der Waals surface area contributed by atoms with E-state index in [-0.39, 0.29) is 21.2 Å². The maximum Gasteiger partial charge on any atom is 0.417 e. The number of benzene rings is 2. The third-order valence-electron chi connectivity index (χ3n) is 3.91. The van der Waals surface area contributed by atoms with E-state index < -0.39 is 21.6 Å². The molecule has 140 valence electrons. The normalized spacial score (nSPS) is 12.2. The van der Waals surface area contributed by atoms with Crippen LogP contribution in [-0.4, -0.2) is 19.7 Å². The zero-order valence-corrected chi connectivity index (χ0v) is 15.5. The molecule has 3 aromatic rings. The molecule has 0 radical (unpaired) electrons. The molecule has 0 bridgehead atoms. The van der Waals surface area contributed by atoms with Gasteiger partial charge in [0, 0.05) is 34.2 Å². The van der Waals surface area contributed by atoms with Gasteiger partial charge in [-0.1, -0.05) is 41.9 Å². The van der Waals surface area contributed by atoms with Gasteiger partial charge in [0.15, 0.2) is 9.84 Å². The lowest BCUT2D eigenvalue weighted by molar-refractivity contribution is -0.137. The van der Waals surface area contributed by atoms with E-state index in [1.165, 1.54) is 18.2 Å². The van der Waals surface area contributed by atoms with Gasteiger partial charge in [0.05, 0.1) is 16.2 Å². The Kier molecular flexibility index (Phi) is 5.01. The van der Waals surface area contributed by atoms with Gasteiger partial charge in [-0.2, -0.15) is 13.2 Å². The van der Waals surface area contributed by atoms with Crippen molar-refractivity contribution in [2.24, 2.45) is 0 Å². The zero-order valence-electron chi connectivity index (χ0n) is 14.0. The summed E-state index contributed by atoms with van der Waals surface area (Å²) in [5, 5.41) is 0.263. The van der Waals surface area contributed by atoms with Crippen LogP contribution in [0.2, 0.25) is 5.02 Å². The average Bonchev–Trinajstić information content (AvgIpc) is 2.60. The highest BCUT2D eigenvalue weighted by Crippen LogP contribution is 2.39. The molecule has 0 saturated heterocycles. The second kappa shape index (κ2) is 6.98. The standard InChI is InChI=1S/C19H13ClF3NO2S/c1-27(25,26)14-6-4-5-12(9-14)18-16(15-7-2-3-8-17(15)20)10-13(11-24-18)19(21,22)23/h2-11H,1H3. The van der Waals surface area contributed by atoms with Crippen LogP contribution in [0.4, 0.5) is 13.2 Å². The number of aromatic nitrogens is 1. The van der Waals surface area contributed by atoms with Gasteiger partial charge in [0.25, 0.3) is 0 Å². The fourth-order valence-electron chi connectivity index (χ4n) is 2.61. The molecule has 3 nitrogen and oxygen atoms in total. The number of nitrogens with zero attached hydrogens (tertiary/aromatic N) is 1. The van der Waals surface area contributed by atoms with Crippen molar-refractivity contribution in [3.8, 4) is 22.4 Å². The van der Waals surface area contributed by atoms with Crippen LogP contribution in [0.1, 0.15) is 5.56 Å². The summed E-state index contributed by atoms with van der Waals surface area (Å²) in [7, 11) is -3.48. The Morgan fingerprint density at radius 2 is 1.67 bits per heavy atom. The van der Waals surface area contributed by atoms with E-state index in [4.69, 9.17) is 11.6 Å². The summed E-state index contributed by atoms with van der Waals surface area (Å²) in [6.45, 7) is 0. The third-order valence-corrected chi connectivity index (χ3v) is 5.35. The summed E-state index contributed by atoms with van der Waals surface area (Å²) in [5.74, 6) is 0. The molecule has 8 heteroatoms. The third kappa shape index (κ3) is 4.14. The number of hydrogen-bond acceptors (Lipinski definition) is 3. The van der Waals surface area contributed by atoms with Crippen molar-refractivity contribution in [1.82, 2.24) is 4.98 Å². The van der Waals surface area contributed by atoms with Crippen molar-refractivity contribution in [2.45, 2.75) is 11.1 Å². The van der Waals surface area contributed by atoms with Crippen molar-refractivity contribution in [1.29, 1.82) is 0 Å². The molecular weight excluding hydrogens is 399 g/mol. The van der Waals surface area contributed by atoms with Crippen LogP contribution in [0.3, 0.4) is 0 Å². The van der Waals surface area contributed by atoms with Gasteiger partial charge in [-0.3, -0.25) is 4.98 Å². The second-order valence-electron chi connectivity index (χ2n) is 5.90. The van der Waals surface area contributed by atoms with Crippen molar-refractivity contribution in [3.63, 3.8) is 0 Å². The Morgan fingerprint density at radius 3 is 2.30 bits per heavy atom. The monoisotopic (exact) mass is 411 g/mol. The van der Waals surface area contributed by atoms with Crippen LogP contribution in [0.5, 0.6) is 0 Å². The van der Waals surface area contributed by atoms with Crippen LogP contribution < -0.4 is 0 Å². The lowest BCUT2D eigenvalue weighted by atomic mass is 9.97. The van der Waals surface area contributed by atoms with Gasteiger partial charge >= 0.3 is 6.18 Å². The molecule has 0 saturated carbocycles. The summed E-state index contributed by atoms with van der Waals surface area (Å²) in [6, 6.07) is 13.3. The predicted octanol–water partition coefficient (Wildman–Crippen LogP) is 5.49. The first-order valence-corrected chi connectivity index (χ1v) is 9.97. The lowest BCUT2D eigenvalue weighted by Crippen LogP contribution is -2.07. The number of rotatable bonds is 3. The van der Waals surface area contributed by atoms with Crippen molar-refractivity contribution >= 4 is 21.4 Å². The van der Waals surface area contributed by atoms with Crippen LogP contribution in [0, 0.1) is 0 Å². The van der Waals surface area contributed by atoms with E-state index in [1.807, 2.05) is 0 Å². The summed E-state index contributed by atoms with van der Waals surface area (Å²) in [6.07, 6.45) is -2.79. The molecule has 0 atom stereocenters. The first-order chi connectivity index (χ1) is 12.6. The highest BCUT2D eigenvalue weighted by atomic mass is 35.5. The van der Waals surface area contributed by atoms with Gasteiger partial charge in [-0.25, -0.2) is 8.42 Å². The molecule has 0 fully saturated rings. The quantitative estimate of drug-likeness (QED) is 0.572. The van der Waals surface area contributed by atoms with E-state index in [9.17, 15) is 21.6 Å². The zero-order chi connectivity index (χ0) is 19.8. The maximum absolute atomic E-state index is 13.2. The molecular formula is C19H13ClF3NO2S. The molecule has 27 heavy (non-hydrogen) atoms. The van der Waals surface area contributed by atoms with E-state index in [0.717, 1.165) is 18.5 Å². The van der Waals surface area contributed by atoms with Crippen LogP contribution in [-0.2, 0) is 16.0 Å². The van der Waals surface area contributed by atoms with Crippen LogP contribution in [0.25, 0.3) is 22.4 Å². The molecule has 0 spiro atoms. The summed E-state index contributed by atoms with van der Waals surface area (Å²) < 4.78 is 63.2. The lowest BCUT2D eigenvalue weighted by Gasteiger charge is -2.14. The van der Waals surface area contributed by atoms with Gasteiger partial charge in [0.1, 0.15) is 0 Å². The highest BCUT2D eigenvalue weighted by Gasteiger charge is 2.32. The van der Waals surface area contributed by atoms with Gasteiger partial charge in [-0.15, -0.1) is 0 Å². The van der Waals surface area contributed by atoms with Gasteiger partial charge in [-0.05, 0) is 24.3 Å². The average molecular weight is 412 g/mol. The minimum atomic E-state index is -4.57. The first kappa shape index (κ1) is 19.4. The van der Waals surface area contributed by atoms with Crippen molar-refractivity contribution in [2.75, 3.05) is 6.26 Å². The molecule has 0 aliphatic heterocycles. The molecule has 0 unspecified atom stereocenters. The minimum absolute atomic E-state index is 0.0480. The molecule has 0 N–H and O–H groups in total. The SMILES string of the molecule is CS(=O)(=O)c1cccc(-c2ncc(C(F)(F)F)cc2-c2ccccc2Cl)c1. The molecule has 1 heterocycles. The van der Waals surface area contributed by atoms with E-state index >= 15 is 0 Å². The molecule has 2 aromatic carbocycles. The number of sulfone groups is 1. The maximum atomic E-state index is 13.2. The largest absolute Gasteiger partial charge is 0.417 e. The topological polar surface area (TPSA) is 47.0 Å². The Balaban J connectivity index is 2.30.